The third-order valence-electron chi connectivity index (χ3n) is 2.77. The van der Waals surface area contributed by atoms with Crippen molar-refractivity contribution in [1.82, 2.24) is 10.2 Å². The van der Waals surface area contributed by atoms with E-state index in [2.05, 4.69) is 17.1 Å². The maximum absolute atomic E-state index is 5.65. The molecule has 0 amide bonds. The number of nitrogens with zero attached hydrogens (tertiary/aromatic N) is 2. The third kappa shape index (κ3) is 3.61. The SMILES string of the molecule is Cc1cc(-c2nnc(CSCC(C)CN)o2)c(C)o1. The highest BCUT2D eigenvalue weighted by Gasteiger charge is 2.14. The number of thioether (sulfide) groups is 1. The first-order valence-electron chi connectivity index (χ1n) is 6.27. The molecule has 6 heteroatoms. The Kier molecular flexibility index (Phi) is 4.66. The largest absolute Gasteiger partial charge is 0.466 e. The number of nitrogens with two attached hydrogens (primary N) is 1. The molecule has 0 fully saturated rings. The maximum Gasteiger partial charge on any atom is 0.251 e. The van der Waals surface area contributed by atoms with Crippen LogP contribution in [-0.2, 0) is 5.75 Å². The van der Waals surface area contributed by atoms with Gasteiger partial charge in [0.05, 0.1) is 11.3 Å². The fourth-order valence-corrected chi connectivity index (χ4v) is 2.63. The van der Waals surface area contributed by atoms with Crippen molar-refractivity contribution in [3.05, 3.63) is 23.5 Å². The third-order valence-corrected chi connectivity index (χ3v) is 4.02. The standard InChI is InChI=1S/C13H19N3O2S/c1-8(5-14)6-19-7-12-15-16-13(18-12)11-4-9(2)17-10(11)3/h4,8H,5-7,14H2,1-3H3. The lowest BCUT2D eigenvalue weighted by Gasteiger charge is -2.05. The molecule has 2 aromatic rings. The van der Waals surface area contributed by atoms with E-state index >= 15 is 0 Å². The van der Waals surface area contributed by atoms with Gasteiger partial charge < -0.3 is 14.6 Å². The van der Waals surface area contributed by atoms with Gasteiger partial charge in [-0.2, -0.15) is 11.8 Å². The molecule has 0 aliphatic heterocycles. The average Bonchev–Trinajstić information content (AvgIpc) is 2.95. The lowest BCUT2D eigenvalue weighted by atomic mass is 10.2. The van der Waals surface area contributed by atoms with E-state index in [0.29, 0.717) is 30.0 Å². The van der Waals surface area contributed by atoms with Crippen molar-refractivity contribution in [1.29, 1.82) is 0 Å². The number of hydrogen-bond donors (Lipinski definition) is 1. The zero-order valence-corrected chi connectivity index (χ0v) is 12.3. The Morgan fingerprint density at radius 2 is 2.11 bits per heavy atom. The summed E-state index contributed by atoms with van der Waals surface area (Å²) in [6.07, 6.45) is 0. The number of hydrogen-bond acceptors (Lipinski definition) is 6. The number of aromatic nitrogens is 2. The van der Waals surface area contributed by atoms with Crippen LogP contribution >= 0.6 is 11.8 Å². The lowest BCUT2D eigenvalue weighted by Crippen LogP contribution is -2.12. The maximum atomic E-state index is 5.65. The molecule has 2 aromatic heterocycles. The molecule has 19 heavy (non-hydrogen) atoms. The molecule has 0 saturated heterocycles. The zero-order valence-electron chi connectivity index (χ0n) is 11.5. The summed E-state index contributed by atoms with van der Waals surface area (Å²) in [5.74, 6) is 5.03. The molecule has 0 saturated carbocycles. The summed E-state index contributed by atoms with van der Waals surface area (Å²) in [5, 5.41) is 8.12. The summed E-state index contributed by atoms with van der Waals surface area (Å²) in [6.45, 7) is 6.63. The highest BCUT2D eigenvalue weighted by atomic mass is 32.2. The Hall–Kier alpha value is -1.27. The minimum absolute atomic E-state index is 0.506. The van der Waals surface area contributed by atoms with Gasteiger partial charge in [0.1, 0.15) is 11.5 Å². The van der Waals surface area contributed by atoms with E-state index in [-0.39, 0.29) is 0 Å². The first-order valence-corrected chi connectivity index (χ1v) is 7.43. The fraction of sp³-hybridized carbons (Fsp3) is 0.538. The van der Waals surface area contributed by atoms with Crippen molar-refractivity contribution >= 4 is 11.8 Å². The predicted octanol–water partition coefficient (Wildman–Crippen LogP) is 2.77. The van der Waals surface area contributed by atoms with Crippen LogP contribution < -0.4 is 5.73 Å². The van der Waals surface area contributed by atoms with E-state index in [9.17, 15) is 0 Å². The highest BCUT2D eigenvalue weighted by Crippen LogP contribution is 2.26. The van der Waals surface area contributed by atoms with Crippen LogP contribution in [0.15, 0.2) is 14.9 Å². The van der Waals surface area contributed by atoms with Crippen molar-refractivity contribution in [2.24, 2.45) is 11.7 Å². The van der Waals surface area contributed by atoms with Gasteiger partial charge in [0.2, 0.25) is 5.89 Å². The second-order valence-corrected chi connectivity index (χ2v) is 5.71. The van der Waals surface area contributed by atoms with Gasteiger partial charge in [-0.25, -0.2) is 0 Å². The molecule has 0 aliphatic rings. The smallest absolute Gasteiger partial charge is 0.251 e. The van der Waals surface area contributed by atoms with Gasteiger partial charge in [-0.15, -0.1) is 10.2 Å². The Labute approximate surface area is 117 Å². The Morgan fingerprint density at radius 1 is 1.32 bits per heavy atom. The van der Waals surface area contributed by atoms with Gasteiger partial charge in [-0.05, 0) is 38.1 Å². The van der Waals surface area contributed by atoms with Crippen LogP contribution in [0.4, 0.5) is 0 Å². The summed E-state index contributed by atoms with van der Waals surface area (Å²) < 4.78 is 11.1. The first-order chi connectivity index (χ1) is 9.10. The molecule has 2 heterocycles. The Balaban J connectivity index is 1.97. The van der Waals surface area contributed by atoms with Crippen molar-refractivity contribution in [3.8, 4) is 11.5 Å². The lowest BCUT2D eigenvalue weighted by molar-refractivity contribution is 0.499. The average molecular weight is 281 g/mol. The molecule has 2 rings (SSSR count). The van der Waals surface area contributed by atoms with E-state index < -0.39 is 0 Å². The fourth-order valence-electron chi connectivity index (χ4n) is 1.68. The molecule has 104 valence electrons. The van der Waals surface area contributed by atoms with Crippen LogP contribution in [0.5, 0.6) is 0 Å². The van der Waals surface area contributed by atoms with E-state index in [1.54, 1.807) is 11.8 Å². The molecule has 2 N–H and O–H groups in total. The minimum atomic E-state index is 0.506. The van der Waals surface area contributed by atoms with Gasteiger partial charge in [0, 0.05) is 0 Å². The summed E-state index contributed by atoms with van der Waals surface area (Å²) in [4.78, 5) is 0. The van der Waals surface area contributed by atoms with Gasteiger partial charge in [0.25, 0.3) is 5.89 Å². The predicted molar refractivity (Wildman–Crippen MR) is 75.9 cm³/mol. The number of furan rings is 1. The summed E-state index contributed by atoms with van der Waals surface area (Å²) in [5.41, 5.74) is 6.45. The van der Waals surface area contributed by atoms with Crippen LogP contribution in [0.1, 0.15) is 24.3 Å². The molecule has 0 bridgehead atoms. The molecular weight excluding hydrogens is 262 g/mol. The van der Waals surface area contributed by atoms with Crippen LogP contribution in [0, 0.1) is 19.8 Å². The van der Waals surface area contributed by atoms with Crippen LogP contribution in [0.2, 0.25) is 0 Å². The van der Waals surface area contributed by atoms with Gasteiger partial charge in [-0.3, -0.25) is 0 Å². The van der Waals surface area contributed by atoms with Crippen molar-refractivity contribution in [2.45, 2.75) is 26.5 Å². The first kappa shape index (κ1) is 14.1. The van der Waals surface area contributed by atoms with E-state index in [0.717, 1.165) is 22.8 Å². The van der Waals surface area contributed by atoms with Crippen molar-refractivity contribution in [2.75, 3.05) is 12.3 Å². The van der Waals surface area contributed by atoms with Crippen LogP contribution in [-0.4, -0.2) is 22.5 Å². The monoisotopic (exact) mass is 281 g/mol. The number of aryl methyl sites for hydroxylation is 2. The summed E-state index contributed by atoms with van der Waals surface area (Å²) in [6, 6.07) is 1.91. The molecule has 5 nitrogen and oxygen atoms in total. The van der Waals surface area contributed by atoms with E-state index in [1.807, 2.05) is 19.9 Å². The normalized spacial score (nSPS) is 12.8. The van der Waals surface area contributed by atoms with E-state index in [4.69, 9.17) is 14.6 Å². The molecule has 0 aromatic carbocycles. The molecule has 1 unspecified atom stereocenters. The minimum Gasteiger partial charge on any atom is -0.466 e. The molecule has 0 spiro atoms. The second kappa shape index (κ2) is 6.25. The quantitative estimate of drug-likeness (QED) is 0.877. The molecule has 0 radical (unpaired) electrons. The van der Waals surface area contributed by atoms with Crippen molar-refractivity contribution < 1.29 is 8.83 Å². The van der Waals surface area contributed by atoms with Crippen LogP contribution in [0.25, 0.3) is 11.5 Å². The van der Waals surface area contributed by atoms with Crippen LogP contribution in [0.3, 0.4) is 0 Å². The molecule has 1 atom stereocenters. The second-order valence-electron chi connectivity index (χ2n) is 4.68. The topological polar surface area (TPSA) is 78.1 Å². The van der Waals surface area contributed by atoms with Gasteiger partial charge >= 0.3 is 0 Å². The van der Waals surface area contributed by atoms with Crippen molar-refractivity contribution in [3.63, 3.8) is 0 Å². The Bertz CT molecular complexity index is 536. The number of rotatable bonds is 6. The molecule has 0 aliphatic carbocycles. The summed E-state index contributed by atoms with van der Waals surface area (Å²) >= 11 is 1.76. The Morgan fingerprint density at radius 3 is 2.74 bits per heavy atom. The highest BCUT2D eigenvalue weighted by molar-refractivity contribution is 7.98. The zero-order chi connectivity index (χ0) is 13.8. The van der Waals surface area contributed by atoms with Gasteiger partial charge in [-0.1, -0.05) is 6.92 Å². The molecular formula is C13H19N3O2S. The van der Waals surface area contributed by atoms with Gasteiger partial charge in [0.15, 0.2) is 0 Å². The summed E-state index contributed by atoms with van der Waals surface area (Å²) in [7, 11) is 0. The van der Waals surface area contributed by atoms with E-state index in [1.165, 1.54) is 0 Å².